The summed E-state index contributed by atoms with van der Waals surface area (Å²) >= 11 is 7.73. The van der Waals surface area contributed by atoms with Gasteiger partial charge in [0.1, 0.15) is 5.82 Å². The van der Waals surface area contributed by atoms with E-state index < -0.39 is 9.84 Å². The van der Waals surface area contributed by atoms with Crippen molar-refractivity contribution in [3.63, 3.8) is 0 Å². The molecule has 0 radical (unpaired) electrons. The highest BCUT2D eigenvalue weighted by molar-refractivity contribution is 7.98. The van der Waals surface area contributed by atoms with Gasteiger partial charge in [0.2, 0.25) is 0 Å². The normalized spacial score (nSPS) is 19.5. The Morgan fingerprint density at radius 1 is 1.38 bits per heavy atom. The number of hydrogen-bond acceptors (Lipinski definition) is 5. The van der Waals surface area contributed by atoms with Gasteiger partial charge in [0, 0.05) is 23.2 Å². The first-order valence-corrected chi connectivity index (χ1v) is 10.8. The van der Waals surface area contributed by atoms with Crippen LogP contribution in [0.25, 0.3) is 0 Å². The summed E-state index contributed by atoms with van der Waals surface area (Å²) < 4.78 is 25.4. The fraction of sp³-hybridized carbons (Fsp3) is 0.375. The lowest BCUT2D eigenvalue weighted by molar-refractivity contribution is 0.597. The number of aromatic nitrogens is 3. The minimum absolute atomic E-state index is 0.0860. The summed E-state index contributed by atoms with van der Waals surface area (Å²) in [6, 6.07) is 7.69. The number of nitrogens with zero attached hydrogens (tertiary/aromatic N) is 3. The fourth-order valence-electron chi connectivity index (χ4n) is 2.77. The average molecular weight is 384 g/mol. The molecule has 0 spiro atoms. The molecule has 0 saturated carbocycles. The number of sulfone groups is 1. The maximum absolute atomic E-state index is 11.7. The molecule has 0 aliphatic carbocycles. The van der Waals surface area contributed by atoms with Crippen molar-refractivity contribution in [1.82, 2.24) is 14.8 Å². The molecule has 1 fully saturated rings. The van der Waals surface area contributed by atoms with E-state index in [1.54, 1.807) is 17.8 Å². The Balaban J connectivity index is 1.81. The highest BCUT2D eigenvalue weighted by atomic mass is 35.5. The van der Waals surface area contributed by atoms with E-state index in [1.807, 2.05) is 28.8 Å². The van der Waals surface area contributed by atoms with E-state index in [1.165, 1.54) is 0 Å². The van der Waals surface area contributed by atoms with Gasteiger partial charge in [0.25, 0.3) is 0 Å². The summed E-state index contributed by atoms with van der Waals surface area (Å²) in [5, 5.41) is 10.0. The Bertz CT molecular complexity index is 849. The van der Waals surface area contributed by atoms with E-state index in [-0.39, 0.29) is 17.4 Å². The zero-order valence-electron chi connectivity index (χ0n) is 13.1. The third kappa shape index (κ3) is 3.84. The zero-order valence-corrected chi connectivity index (χ0v) is 15.4. The van der Waals surface area contributed by atoms with Crippen LogP contribution in [0.5, 0.6) is 0 Å². The lowest BCUT2D eigenvalue weighted by Crippen LogP contribution is -2.11. The van der Waals surface area contributed by atoms with E-state index in [0.717, 1.165) is 21.6 Å². The lowest BCUT2D eigenvalue weighted by atomic mass is 10.1. The quantitative estimate of drug-likeness (QED) is 0.565. The standard InChI is InChI=1S/C16H18ClN3O2S2/c1-2-8-20-15(13-7-9-24(21,22)11-13)18-19-16(20)23-10-12-5-3-4-6-14(12)17/h2-6,13H,1,7-11H2. The second kappa shape index (κ2) is 7.29. The van der Waals surface area contributed by atoms with E-state index >= 15 is 0 Å². The van der Waals surface area contributed by atoms with E-state index in [9.17, 15) is 8.42 Å². The van der Waals surface area contributed by atoms with Crippen molar-refractivity contribution in [2.24, 2.45) is 0 Å². The van der Waals surface area contributed by atoms with Crippen molar-refractivity contribution >= 4 is 33.2 Å². The van der Waals surface area contributed by atoms with Crippen molar-refractivity contribution in [2.75, 3.05) is 11.5 Å². The van der Waals surface area contributed by atoms with Gasteiger partial charge in [0.15, 0.2) is 15.0 Å². The predicted octanol–water partition coefficient (Wildman–Crippen LogP) is 3.31. The fourth-order valence-corrected chi connectivity index (χ4v) is 5.75. The van der Waals surface area contributed by atoms with Crippen molar-refractivity contribution in [3.05, 3.63) is 53.3 Å². The molecule has 2 heterocycles. The van der Waals surface area contributed by atoms with Crippen molar-refractivity contribution in [2.45, 2.75) is 29.8 Å². The number of hydrogen-bond donors (Lipinski definition) is 0. The topological polar surface area (TPSA) is 64.8 Å². The Labute approximate surface area is 151 Å². The lowest BCUT2D eigenvalue weighted by Gasteiger charge is -2.11. The van der Waals surface area contributed by atoms with Gasteiger partial charge in [-0.05, 0) is 18.1 Å². The van der Waals surface area contributed by atoms with Gasteiger partial charge in [-0.15, -0.1) is 16.8 Å². The maximum Gasteiger partial charge on any atom is 0.191 e. The molecular formula is C16H18ClN3O2S2. The molecule has 1 aromatic carbocycles. The van der Waals surface area contributed by atoms with Gasteiger partial charge >= 0.3 is 0 Å². The molecule has 128 valence electrons. The Hall–Kier alpha value is -1.31. The molecule has 8 heteroatoms. The van der Waals surface area contributed by atoms with Crippen LogP contribution >= 0.6 is 23.4 Å². The molecule has 1 aliphatic heterocycles. The van der Waals surface area contributed by atoms with Gasteiger partial charge in [-0.1, -0.05) is 47.6 Å². The third-order valence-electron chi connectivity index (χ3n) is 3.97. The minimum Gasteiger partial charge on any atom is -0.302 e. The van der Waals surface area contributed by atoms with E-state index in [0.29, 0.717) is 18.7 Å². The molecule has 2 aromatic rings. The number of benzene rings is 1. The zero-order chi connectivity index (χ0) is 17.2. The van der Waals surface area contributed by atoms with E-state index in [2.05, 4.69) is 16.8 Å². The van der Waals surface area contributed by atoms with Crippen molar-refractivity contribution in [1.29, 1.82) is 0 Å². The first-order valence-electron chi connectivity index (χ1n) is 7.61. The highest BCUT2D eigenvalue weighted by Crippen LogP contribution is 2.31. The molecule has 0 N–H and O–H groups in total. The van der Waals surface area contributed by atoms with Crippen LogP contribution in [0.4, 0.5) is 0 Å². The predicted molar refractivity (Wildman–Crippen MR) is 97.2 cm³/mol. The van der Waals surface area contributed by atoms with Gasteiger partial charge in [0.05, 0.1) is 11.5 Å². The molecule has 1 aromatic heterocycles. The van der Waals surface area contributed by atoms with Crippen LogP contribution in [0.2, 0.25) is 5.02 Å². The van der Waals surface area contributed by atoms with Crippen LogP contribution < -0.4 is 0 Å². The number of rotatable bonds is 6. The van der Waals surface area contributed by atoms with Gasteiger partial charge in [-0.2, -0.15) is 0 Å². The first kappa shape index (κ1) is 17.5. The SMILES string of the molecule is C=CCn1c(SCc2ccccc2Cl)nnc1C1CCS(=O)(=O)C1. The largest absolute Gasteiger partial charge is 0.302 e. The molecule has 1 unspecified atom stereocenters. The molecular weight excluding hydrogens is 366 g/mol. The summed E-state index contributed by atoms with van der Waals surface area (Å²) in [6.45, 7) is 4.34. The molecule has 3 rings (SSSR count). The minimum atomic E-state index is -2.96. The van der Waals surface area contributed by atoms with Crippen LogP contribution in [0.3, 0.4) is 0 Å². The maximum atomic E-state index is 11.7. The molecule has 1 aliphatic rings. The summed E-state index contributed by atoms with van der Waals surface area (Å²) in [4.78, 5) is 0. The van der Waals surface area contributed by atoms with Crippen LogP contribution in [-0.2, 0) is 22.1 Å². The Morgan fingerprint density at radius 2 is 2.17 bits per heavy atom. The van der Waals surface area contributed by atoms with Gasteiger partial charge < -0.3 is 4.57 Å². The second-order valence-electron chi connectivity index (χ2n) is 5.72. The smallest absolute Gasteiger partial charge is 0.191 e. The molecule has 0 amide bonds. The number of halogens is 1. The monoisotopic (exact) mass is 383 g/mol. The summed E-state index contributed by atoms with van der Waals surface area (Å²) in [7, 11) is -2.96. The molecule has 24 heavy (non-hydrogen) atoms. The van der Waals surface area contributed by atoms with Crippen LogP contribution in [0.1, 0.15) is 23.7 Å². The molecule has 5 nitrogen and oxygen atoms in total. The van der Waals surface area contributed by atoms with Gasteiger partial charge in [-0.3, -0.25) is 0 Å². The molecule has 0 bridgehead atoms. The highest BCUT2D eigenvalue weighted by Gasteiger charge is 2.33. The van der Waals surface area contributed by atoms with Crippen LogP contribution in [0.15, 0.2) is 42.1 Å². The Morgan fingerprint density at radius 3 is 2.83 bits per heavy atom. The van der Waals surface area contributed by atoms with Crippen LogP contribution in [0, 0.1) is 0 Å². The summed E-state index contributed by atoms with van der Waals surface area (Å²) in [6.07, 6.45) is 2.38. The molecule has 1 atom stereocenters. The molecule has 1 saturated heterocycles. The number of allylic oxidation sites excluding steroid dienone is 1. The van der Waals surface area contributed by atoms with Gasteiger partial charge in [-0.25, -0.2) is 8.42 Å². The van der Waals surface area contributed by atoms with Crippen molar-refractivity contribution in [3.8, 4) is 0 Å². The Kier molecular flexibility index (Phi) is 5.32. The van der Waals surface area contributed by atoms with Crippen molar-refractivity contribution < 1.29 is 8.42 Å². The number of thioether (sulfide) groups is 1. The van der Waals surface area contributed by atoms with E-state index in [4.69, 9.17) is 11.6 Å². The third-order valence-corrected chi connectivity index (χ3v) is 7.12. The summed E-state index contributed by atoms with van der Waals surface area (Å²) in [5.41, 5.74) is 1.03. The summed E-state index contributed by atoms with van der Waals surface area (Å²) in [5.74, 6) is 1.70. The van der Waals surface area contributed by atoms with Crippen LogP contribution in [-0.4, -0.2) is 34.7 Å². The average Bonchev–Trinajstić information content (AvgIpc) is 3.10. The second-order valence-corrected chi connectivity index (χ2v) is 9.30. The first-order chi connectivity index (χ1) is 11.5.